The SMILES string of the molecule is CO[C@H]1/C=C/O[C@@]2(C)Oc3c(C)c(O)c4c(O)c(c(C=NN5CCNCC5)c(O)c4c3C2=O)NC(=O)/C(C)=C\C=C\[C@H](C)[C@H](O)[C@@H](C)[C@@H](O)[C@@H](C)C(OC(C)=O)[C@@H]1C. The maximum Gasteiger partial charge on any atom is 0.312 e. The molecular formula is C42H56N4O12. The molecule has 2 aromatic rings. The minimum atomic E-state index is -2.04. The number of ether oxygens (including phenoxy) is 4. The molecule has 4 heterocycles. The van der Waals surface area contributed by atoms with Crippen LogP contribution >= 0.6 is 0 Å². The number of anilines is 1. The van der Waals surface area contributed by atoms with Gasteiger partial charge in [0.25, 0.3) is 11.7 Å². The summed E-state index contributed by atoms with van der Waals surface area (Å²) >= 11 is 0. The molecule has 1 amide bonds. The molecule has 0 aromatic heterocycles. The van der Waals surface area contributed by atoms with Gasteiger partial charge < -0.3 is 55.1 Å². The second-order valence-electron chi connectivity index (χ2n) is 15.6. The maximum atomic E-state index is 14.4. The number of nitrogens with zero attached hydrogens (tertiary/aromatic N) is 2. The maximum absolute atomic E-state index is 14.4. The first-order chi connectivity index (χ1) is 27.3. The monoisotopic (exact) mass is 808 g/mol. The summed E-state index contributed by atoms with van der Waals surface area (Å²) in [4.78, 5) is 40.4. The van der Waals surface area contributed by atoms with Crippen molar-refractivity contribution in [2.24, 2.45) is 28.8 Å². The molecule has 0 radical (unpaired) electrons. The lowest BCUT2D eigenvalue weighted by Gasteiger charge is -2.38. The van der Waals surface area contributed by atoms with Gasteiger partial charge in [0.05, 0.1) is 53.0 Å². The average Bonchev–Trinajstić information content (AvgIpc) is 3.46. The van der Waals surface area contributed by atoms with Crippen LogP contribution in [0.5, 0.6) is 23.0 Å². The van der Waals surface area contributed by atoms with E-state index in [2.05, 4.69) is 15.7 Å². The van der Waals surface area contributed by atoms with Crippen LogP contribution in [0, 0.1) is 30.6 Å². The second kappa shape index (κ2) is 17.8. The number of aliphatic hydroxyl groups is 2. The quantitative estimate of drug-likeness (QED) is 0.100. The highest BCUT2D eigenvalue weighted by Gasteiger charge is 2.50. The first-order valence-corrected chi connectivity index (χ1v) is 19.4. The number of esters is 1. The molecule has 1 unspecified atom stereocenters. The Balaban J connectivity index is 1.71. The molecule has 1 fully saturated rings. The highest BCUT2D eigenvalue weighted by atomic mass is 16.7. The zero-order valence-corrected chi connectivity index (χ0v) is 34.4. The van der Waals surface area contributed by atoms with Crippen molar-refractivity contribution >= 4 is 40.3 Å². The van der Waals surface area contributed by atoms with E-state index in [1.807, 2.05) is 0 Å². The number of hydrogen-bond donors (Lipinski definition) is 7. The van der Waals surface area contributed by atoms with Crippen molar-refractivity contribution in [1.82, 2.24) is 10.3 Å². The number of fused-ring (bicyclic) bond motifs is 14. The number of hydrogen-bond acceptors (Lipinski definition) is 15. The van der Waals surface area contributed by atoms with Crippen LogP contribution in [0.1, 0.15) is 70.0 Å². The molecule has 7 N–H and O–H groups in total. The lowest BCUT2D eigenvalue weighted by molar-refractivity contribution is -0.160. The van der Waals surface area contributed by atoms with Gasteiger partial charge in [0.2, 0.25) is 0 Å². The number of aromatic hydroxyl groups is 3. The third-order valence-corrected chi connectivity index (χ3v) is 11.5. The molecule has 58 heavy (non-hydrogen) atoms. The Morgan fingerprint density at radius 2 is 1.64 bits per heavy atom. The zero-order valence-electron chi connectivity index (χ0n) is 34.4. The van der Waals surface area contributed by atoms with Crippen molar-refractivity contribution < 1.29 is 58.9 Å². The second-order valence-corrected chi connectivity index (χ2v) is 15.6. The van der Waals surface area contributed by atoms with Crippen LogP contribution in [-0.2, 0) is 23.8 Å². The van der Waals surface area contributed by atoms with Crippen LogP contribution in [0.4, 0.5) is 5.69 Å². The van der Waals surface area contributed by atoms with E-state index >= 15 is 0 Å². The topological polar surface area (TPSA) is 229 Å². The number of rotatable bonds is 4. The van der Waals surface area contributed by atoms with Crippen molar-refractivity contribution in [1.29, 1.82) is 0 Å². The van der Waals surface area contributed by atoms with Gasteiger partial charge in [-0.05, 0) is 19.9 Å². The zero-order chi connectivity index (χ0) is 42.8. The van der Waals surface area contributed by atoms with Crippen LogP contribution in [0.2, 0.25) is 0 Å². The molecule has 316 valence electrons. The van der Waals surface area contributed by atoms with Crippen molar-refractivity contribution in [3.63, 3.8) is 0 Å². The lowest BCUT2D eigenvalue weighted by atomic mass is 9.78. The fraction of sp³-hybridized carbons (Fsp3) is 0.524. The molecule has 5 bridgehead atoms. The van der Waals surface area contributed by atoms with Crippen molar-refractivity contribution in [2.45, 2.75) is 85.6 Å². The number of Topliss-reactive ketones (excluding diaryl/α,β-unsaturated/α-hetero) is 1. The fourth-order valence-corrected chi connectivity index (χ4v) is 7.78. The molecule has 16 heteroatoms. The number of phenols is 3. The summed E-state index contributed by atoms with van der Waals surface area (Å²) in [6, 6.07) is 0. The van der Waals surface area contributed by atoms with E-state index in [1.54, 1.807) is 44.9 Å². The van der Waals surface area contributed by atoms with Crippen LogP contribution in [0.3, 0.4) is 0 Å². The number of allylic oxidation sites excluding steroid dienone is 2. The van der Waals surface area contributed by atoms with Gasteiger partial charge in [-0.25, -0.2) is 0 Å². The molecule has 1 saturated heterocycles. The van der Waals surface area contributed by atoms with Gasteiger partial charge in [0, 0.05) is 87.3 Å². The number of aliphatic hydroxyl groups excluding tert-OH is 2. The van der Waals surface area contributed by atoms with E-state index in [0.29, 0.717) is 26.2 Å². The van der Waals surface area contributed by atoms with Gasteiger partial charge in [0.15, 0.2) is 5.75 Å². The standard InChI is InChI=1S/C42H56N4O12/c1-20-11-10-12-21(2)41(54)45-32-27(19-44-46-16-14-43-15-17-46)36(51)29-30(37(32)52)35(50)25(6)39-31(29)40(53)42(8,58-39)56-18-13-28(55-9)22(3)38(57-26(7)47)24(5)34(49)23(4)33(20)48/h10-13,18-20,22-24,28,33-34,38,43,48-52H,14-17H2,1-9H3,(H,45,54)/b11-10+,18-13+,21-12-,44-19?/t20-,22+,23+,24+,28-,33-,34+,38?,42-/m0/s1. The number of hydrazone groups is 1. The van der Waals surface area contributed by atoms with E-state index < -0.39 is 88.8 Å². The summed E-state index contributed by atoms with van der Waals surface area (Å²) in [6.07, 6.45) is 4.83. The molecule has 4 aliphatic heterocycles. The molecule has 0 saturated carbocycles. The number of piperazine rings is 1. The molecule has 4 aliphatic rings. The highest BCUT2D eigenvalue weighted by Crippen LogP contribution is 2.55. The van der Waals surface area contributed by atoms with Crippen LogP contribution < -0.4 is 15.4 Å². The molecule has 6 rings (SSSR count). The Hall–Kier alpha value is -5.16. The Morgan fingerprint density at radius 1 is 0.966 bits per heavy atom. The number of nitrogens with one attached hydrogen (secondary N) is 2. The fourth-order valence-electron chi connectivity index (χ4n) is 7.78. The van der Waals surface area contributed by atoms with Crippen molar-refractivity contribution in [3.8, 4) is 23.0 Å². The Labute approximate surface area is 337 Å². The number of benzene rings is 2. The summed E-state index contributed by atoms with van der Waals surface area (Å²) in [5.74, 6) is -8.36. The number of ketones is 1. The molecular weight excluding hydrogens is 752 g/mol. The van der Waals surface area contributed by atoms with E-state index in [-0.39, 0.29) is 44.5 Å². The van der Waals surface area contributed by atoms with Crippen LogP contribution in [0.15, 0.2) is 41.2 Å². The minimum Gasteiger partial charge on any atom is -0.507 e. The minimum absolute atomic E-state index is 0.0544. The predicted octanol–water partition coefficient (Wildman–Crippen LogP) is 3.99. The van der Waals surface area contributed by atoms with Crippen LogP contribution in [0.25, 0.3) is 10.8 Å². The van der Waals surface area contributed by atoms with Gasteiger partial charge in [-0.2, -0.15) is 5.10 Å². The third kappa shape index (κ3) is 8.51. The molecule has 2 aromatic carbocycles. The van der Waals surface area contributed by atoms with Gasteiger partial charge in [-0.15, -0.1) is 0 Å². The lowest BCUT2D eigenvalue weighted by Crippen LogP contribution is -2.46. The number of methoxy groups -OCH3 is 1. The molecule has 9 atom stereocenters. The number of carbonyl (C=O) groups excluding carboxylic acids is 3. The van der Waals surface area contributed by atoms with Gasteiger partial charge in [0.1, 0.15) is 23.4 Å². The normalized spacial score (nSPS) is 32.1. The number of amides is 1. The Kier molecular flexibility index (Phi) is 13.5. The molecule has 16 nitrogen and oxygen atoms in total. The smallest absolute Gasteiger partial charge is 0.312 e. The molecule has 0 spiro atoms. The van der Waals surface area contributed by atoms with Gasteiger partial charge in [-0.1, -0.05) is 45.9 Å². The van der Waals surface area contributed by atoms with Gasteiger partial charge in [-0.3, -0.25) is 19.4 Å². The number of phenolic OH excluding ortho intramolecular Hbond substituents is 3. The largest absolute Gasteiger partial charge is 0.507 e. The summed E-state index contributed by atoms with van der Waals surface area (Å²) < 4.78 is 23.6. The predicted molar refractivity (Wildman–Crippen MR) is 216 cm³/mol. The van der Waals surface area contributed by atoms with Crippen LogP contribution in [-0.4, -0.2) is 118 Å². The highest BCUT2D eigenvalue weighted by molar-refractivity contribution is 6.23. The average molecular weight is 809 g/mol. The van der Waals surface area contributed by atoms with Gasteiger partial charge >= 0.3 is 11.8 Å². The summed E-state index contributed by atoms with van der Waals surface area (Å²) in [5, 5.41) is 69.8. The first-order valence-electron chi connectivity index (χ1n) is 19.4. The van der Waals surface area contributed by atoms with Crippen molar-refractivity contribution in [3.05, 3.63) is 52.8 Å². The van der Waals surface area contributed by atoms with E-state index in [0.717, 1.165) is 0 Å². The Bertz CT molecular complexity index is 2040. The third-order valence-electron chi connectivity index (χ3n) is 11.5. The first kappa shape index (κ1) is 44.0. The summed E-state index contributed by atoms with van der Waals surface area (Å²) in [7, 11) is 1.44. The van der Waals surface area contributed by atoms with E-state index in [1.165, 1.54) is 59.4 Å². The van der Waals surface area contributed by atoms with E-state index in [9.17, 15) is 39.9 Å². The van der Waals surface area contributed by atoms with E-state index in [4.69, 9.17) is 18.9 Å². The summed E-state index contributed by atoms with van der Waals surface area (Å²) in [6.45, 7) is 14.9. The summed E-state index contributed by atoms with van der Waals surface area (Å²) in [5.41, 5.74) is -0.364. The Morgan fingerprint density at radius 3 is 2.28 bits per heavy atom. The van der Waals surface area contributed by atoms with Crippen molar-refractivity contribution in [2.75, 3.05) is 38.6 Å². The number of carbonyl (C=O) groups is 3. The molecule has 0 aliphatic carbocycles.